The van der Waals surface area contributed by atoms with E-state index in [1.807, 2.05) is 6.07 Å². The van der Waals surface area contributed by atoms with E-state index in [1.54, 1.807) is 31.5 Å². The zero-order valence-electron chi connectivity index (χ0n) is 11.2. The molecule has 3 rings (SSSR count). The number of halogens is 2. The number of methoxy groups -OCH3 is 1. The van der Waals surface area contributed by atoms with Crippen molar-refractivity contribution in [3.8, 4) is 5.75 Å². The molecule has 0 unspecified atom stereocenters. The van der Waals surface area contributed by atoms with Crippen molar-refractivity contribution < 1.29 is 13.5 Å². The molecule has 1 aromatic heterocycles. The minimum Gasteiger partial charge on any atom is -0.497 e. The Morgan fingerprint density at radius 2 is 1.76 bits per heavy atom. The van der Waals surface area contributed by atoms with E-state index < -0.39 is 11.6 Å². The molecule has 1 heterocycles. The molecule has 3 aromatic rings. The summed E-state index contributed by atoms with van der Waals surface area (Å²) in [5.74, 6) is -0.556. The van der Waals surface area contributed by atoms with Crippen LogP contribution in [0.15, 0.2) is 48.7 Å². The predicted molar refractivity (Wildman–Crippen MR) is 77.9 cm³/mol. The van der Waals surface area contributed by atoms with Gasteiger partial charge >= 0.3 is 0 Å². The van der Waals surface area contributed by atoms with Crippen LogP contribution in [0.2, 0.25) is 0 Å². The van der Waals surface area contributed by atoms with Gasteiger partial charge in [-0.1, -0.05) is 0 Å². The summed E-state index contributed by atoms with van der Waals surface area (Å²) in [5.41, 5.74) is 1.79. The molecule has 3 nitrogen and oxygen atoms in total. The van der Waals surface area contributed by atoms with Crippen LogP contribution in [0.3, 0.4) is 0 Å². The van der Waals surface area contributed by atoms with Crippen molar-refractivity contribution in [3.63, 3.8) is 0 Å². The van der Waals surface area contributed by atoms with Gasteiger partial charge in [0.2, 0.25) is 0 Å². The van der Waals surface area contributed by atoms with Crippen LogP contribution < -0.4 is 10.1 Å². The third-order valence-corrected chi connectivity index (χ3v) is 3.09. The van der Waals surface area contributed by atoms with Crippen molar-refractivity contribution in [2.75, 3.05) is 12.4 Å². The molecule has 0 saturated heterocycles. The van der Waals surface area contributed by atoms with Gasteiger partial charge in [-0.05, 0) is 30.3 Å². The number of pyridine rings is 1. The smallest absolute Gasteiger partial charge is 0.128 e. The minimum atomic E-state index is -0.627. The van der Waals surface area contributed by atoms with Gasteiger partial charge in [0.25, 0.3) is 0 Å². The van der Waals surface area contributed by atoms with Crippen LogP contribution in [0.4, 0.5) is 20.2 Å². The molecule has 0 bridgehead atoms. The Labute approximate surface area is 120 Å². The number of aromatic nitrogens is 1. The zero-order chi connectivity index (χ0) is 14.8. The molecule has 106 valence electrons. The molecule has 0 amide bonds. The number of benzene rings is 2. The molecule has 0 aliphatic carbocycles. The number of nitrogens with zero attached hydrogens (tertiary/aromatic N) is 1. The highest BCUT2D eigenvalue weighted by atomic mass is 19.1. The first-order chi connectivity index (χ1) is 10.2. The summed E-state index contributed by atoms with van der Waals surface area (Å²) in [4.78, 5) is 4.26. The Morgan fingerprint density at radius 1 is 1.00 bits per heavy atom. The van der Waals surface area contributed by atoms with Gasteiger partial charge in [0.1, 0.15) is 17.4 Å². The Hall–Kier alpha value is -2.69. The van der Waals surface area contributed by atoms with E-state index >= 15 is 0 Å². The highest BCUT2D eigenvalue weighted by Gasteiger charge is 2.06. The maximum Gasteiger partial charge on any atom is 0.128 e. The van der Waals surface area contributed by atoms with Gasteiger partial charge < -0.3 is 10.1 Å². The van der Waals surface area contributed by atoms with Crippen molar-refractivity contribution in [1.29, 1.82) is 0 Å². The lowest BCUT2D eigenvalue weighted by Crippen LogP contribution is -1.94. The standard InChI is InChI=1S/C16H12F2N2O/c1-21-13-2-3-14-15(4-5-19-16(14)9-13)20-12-7-10(17)6-11(18)8-12/h2-9H,1H3,(H,19,20). The first-order valence-corrected chi connectivity index (χ1v) is 6.31. The molecule has 0 aliphatic heterocycles. The molecule has 1 N–H and O–H groups in total. The average Bonchev–Trinajstić information content (AvgIpc) is 2.46. The lowest BCUT2D eigenvalue weighted by atomic mass is 10.1. The van der Waals surface area contributed by atoms with Crippen molar-refractivity contribution in [3.05, 3.63) is 60.3 Å². The fourth-order valence-corrected chi connectivity index (χ4v) is 2.15. The topological polar surface area (TPSA) is 34.1 Å². The number of ether oxygens (including phenoxy) is 1. The van der Waals surface area contributed by atoms with Crippen LogP contribution in [0.5, 0.6) is 5.75 Å². The number of rotatable bonds is 3. The Bertz CT molecular complexity index is 785. The van der Waals surface area contributed by atoms with Crippen LogP contribution in [-0.2, 0) is 0 Å². The van der Waals surface area contributed by atoms with E-state index in [4.69, 9.17) is 4.74 Å². The summed E-state index contributed by atoms with van der Waals surface area (Å²) in [6, 6.07) is 10.5. The van der Waals surface area contributed by atoms with Crippen LogP contribution in [0, 0.1) is 11.6 Å². The van der Waals surface area contributed by atoms with Crippen molar-refractivity contribution in [2.24, 2.45) is 0 Å². The summed E-state index contributed by atoms with van der Waals surface area (Å²) in [6.45, 7) is 0. The maximum absolute atomic E-state index is 13.2. The van der Waals surface area contributed by atoms with Crippen LogP contribution >= 0.6 is 0 Å². The van der Waals surface area contributed by atoms with Crippen molar-refractivity contribution in [2.45, 2.75) is 0 Å². The highest BCUT2D eigenvalue weighted by molar-refractivity contribution is 5.93. The summed E-state index contributed by atoms with van der Waals surface area (Å²) >= 11 is 0. The molecule has 0 radical (unpaired) electrons. The second kappa shape index (κ2) is 5.36. The first kappa shape index (κ1) is 13.3. The summed E-state index contributed by atoms with van der Waals surface area (Å²) in [7, 11) is 1.58. The molecule has 21 heavy (non-hydrogen) atoms. The van der Waals surface area contributed by atoms with Crippen LogP contribution in [-0.4, -0.2) is 12.1 Å². The fourth-order valence-electron chi connectivity index (χ4n) is 2.15. The third kappa shape index (κ3) is 2.76. The number of hydrogen-bond acceptors (Lipinski definition) is 3. The van der Waals surface area contributed by atoms with Crippen molar-refractivity contribution in [1.82, 2.24) is 4.98 Å². The van der Waals surface area contributed by atoms with Gasteiger partial charge in [-0.2, -0.15) is 0 Å². The first-order valence-electron chi connectivity index (χ1n) is 6.31. The SMILES string of the molecule is COc1ccc2c(Nc3cc(F)cc(F)c3)ccnc2c1. The Morgan fingerprint density at radius 3 is 2.48 bits per heavy atom. The van der Waals surface area contributed by atoms with Gasteiger partial charge in [0, 0.05) is 35.1 Å². The van der Waals surface area contributed by atoms with Crippen molar-refractivity contribution >= 4 is 22.3 Å². The Balaban J connectivity index is 2.04. The maximum atomic E-state index is 13.2. The largest absolute Gasteiger partial charge is 0.497 e. The summed E-state index contributed by atoms with van der Waals surface area (Å²) < 4.78 is 31.6. The predicted octanol–water partition coefficient (Wildman–Crippen LogP) is 4.27. The normalized spacial score (nSPS) is 10.6. The van der Waals surface area contributed by atoms with Crippen LogP contribution in [0.1, 0.15) is 0 Å². The highest BCUT2D eigenvalue weighted by Crippen LogP contribution is 2.28. The van der Waals surface area contributed by atoms with Gasteiger partial charge in [-0.15, -0.1) is 0 Å². The minimum absolute atomic E-state index is 0.343. The molecule has 0 fully saturated rings. The van der Waals surface area contributed by atoms with E-state index in [9.17, 15) is 8.78 Å². The van der Waals surface area contributed by atoms with E-state index in [0.29, 0.717) is 17.1 Å². The van der Waals surface area contributed by atoms with Gasteiger partial charge in [0.15, 0.2) is 0 Å². The molecular formula is C16H12F2N2O. The number of fused-ring (bicyclic) bond motifs is 1. The molecule has 0 aliphatic rings. The monoisotopic (exact) mass is 286 g/mol. The molecule has 0 atom stereocenters. The van der Waals surface area contributed by atoms with E-state index in [2.05, 4.69) is 10.3 Å². The fraction of sp³-hybridized carbons (Fsp3) is 0.0625. The lowest BCUT2D eigenvalue weighted by molar-refractivity contribution is 0.415. The summed E-state index contributed by atoms with van der Waals surface area (Å²) in [6.07, 6.45) is 1.62. The van der Waals surface area contributed by atoms with E-state index in [-0.39, 0.29) is 0 Å². The molecule has 0 saturated carbocycles. The van der Waals surface area contributed by atoms with E-state index in [0.717, 1.165) is 17.0 Å². The zero-order valence-corrected chi connectivity index (χ0v) is 11.2. The molecule has 5 heteroatoms. The quantitative estimate of drug-likeness (QED) is 0.781. The third-order valence-electron chi connectivity index (χ3n) is 3.09. The van der Waals surface area contributed by atoms with Gasteiger partial charge in [0.05, 0.1) is 12.6 Å². The van der Waals surface area contributed by atoms with Gasteiger partial charge in [-0.3, -0.25) is 4.98 Å². The van der Waals surface area contributed by atoms with Gasteiger partial charge in [-0.25, -0.2) is 8.78 Å². The average molecular weight is 286 g/mol. The number of nitrogens with one attached hydrogen (secondary N) is 1. The lowest BCUT2D eigenvalue weighted by Gasteiger charge is -2.10. The number of hydrogen-bond donors (Lipinski definition) is 1. The number of anilines is 2. The molecule has 2 aromatic carbocycles. The second-order valence-corrected chi connectivity index (χ2v) is 4.52. The van der Waals surface area contributed by atoms with Crippen LogP contribution in [0.25, 0.3) is 10.9 Å². The molecule has 0 spiro atoms. The second-order valence-electron chi connectivity index (χ2n) is 4.52. The Kier molecular flexibility index (Phi) is 3.39. The van der Waals surface area contributed by atoms with E-state index in [1.165, 1.54) is 12.1 Å². The molecular weight excluding hydrogens is 274 g/mol. The summed E-state index contributed by atoms with van der Waals surface area (Å²) in [5, 5.41) is 3.84.